The molecule has 0 aliphatic carbocycles. The molecule has 1 aromatic carbocycles. The van der Waals surface area contributed by atoms with Gasteiger partial charge in [0.2, 0.25) is 0 Å². The first-order chi connectivity index (χ1) is 9.34. The molecule has 0 atom stereocenters. The van der Waals surface area contributed by atoms with Crippen molar-refractivity contribution in [3.63, 3.8) is 0 Å². The Morgan fingerprint density at radius 2 is 1.74 bits per heavy atom. The number of hydrogen-bond donors (Lipinski definition) is 0. The van der Waals surface area contributed by atoms with Gasteiger partial charge in [0.1, 0.15) is 5.82 Å². The van der Waals surface area contributed by atoms with Gasteiger partial charge in [-0.25, -0.2) is 4.39 Å². The molecular formula is C16H23FNS. The summed E-state index contributed by atoms with van der Waals surface area (Å²) in [6.07, 6.45) is 8.79. The maximum Gasteiger partial charge on any atom is 0.123 e. The van der Waals surface area contributed by atoms with Crippen LogP contribution in [0.2, 0.25) is 0 Å². The second kappa shape index (κ2) is 8.60. The number of unbranched alkanes of at least 4 members (excludes halogenated alkanes) is 2. The zero-order chi connectivity index (χ0) is 13.3. The van der Waals surface area contributed by atoms with Crippen LogP contribution in [0.1, 0.15) is 32.1 Å². The smallest absolute Gasteiger partial charge is 0.123 e. The van der Waals surface area contributed by atoms with Crippen LogP contribution in [0, 0.1) is 12.2 Å². The monoisotopic (exact) mass is 280 g/mol. The highest BCUT2D eigenvalue weighted by Gasteiger charge is 2.08. The van der Waals surface area contributed by atoms with E-state index in [0.717, 1.165) is 5.75 Å². The lowest BCUT2D eigenvalue weighted by Crippen LogP contribution is -2.30. The summed E-state index contributed by atoms with van der Waals surface area (Å²) < 4.78 is 12.7. The Bertz CT molecular complexity index is 346. The van der Waals surface area contributed by atoms with E-state index >= 15 is 0 Å². The molecule has 0 saturated carbocycles. The molecule has 0 amide bonds. The second-order valence-electron chi connectivity index (χ2n) is 5.07. The van der Waals surface area contributed by atoms with Crippen molar-refractivity contribution < 1.29 is 4.39 Å². The van der Waals surface area contributed by atoms with Crippen molar-refractivity contribution in [1.82, 2.24) is 4.90 Å². The van der Waals surface area contributed by atoms with Gasteiger partial charge in [-0.1, -0.05) is 6.42 Å². The van der Waals surface area contributed by atoms with E-state index in [1.165, 1.54) is 68.8 Å². The minimum atomic E-state index is -0.150. The van der Waals surface area contributed by atoms with Gasteiger partial charge in [-0.15, -0.1) is 11.8 Å². The second-order valence-corrected chi connectivity index (χ2v) is 6.24. The number of piperidine rings is 1. The van der Waals surface area contributed by atoms with Gasteiger partial charge in [0, 0.05) is 4.90 Å². The van der Waals surface area contributed by atoms with E-state index in [1.54, 1.807) is 0 Å². The Labute approximate surface area is 120 Å². The predicted octanol–water partition coefficient (Wildman–Crippen LogP) is 4.39. The molecule has 1 fully saturated rings. The number of thioether (sulfide) groups is 1. The zero-order valence-corrected chi connectivity index (χ0v) is 12.3. The normalized spacial score (nSPS) is 16.7. The Balaban J connectivity index is 1.49. The van der Waals surface area contributed by atoms with Crippen LogP contribution in [0.5, 0.6) is 0 Å². The van der Waals surface area contributed by atoms with Crippen molar-refractivity contribution in [2.75, 3.05) is 25.4 Å². The standard InChI is InChI=1S/C16H23FNS/c17-15-7-9-16(10-8-15)19-14-6-2-5-13-18-11-3-1-4-12-18/h1,7-10H,2-6,11-14H2. The number of halogens is 1. The summed E-state index contributed by atoms with van der Waals surface area (Å²) in [5, 5.41) is 0. The zero-order valence-electron chi connectivity index (χ0n) is 11.5. The van der Waals surface area contributed by atoms with E-state index < -0.39 is 0 Å². The first-order valence-corrected chi connectivity index (χ1v) is 8.25. The van der Waals surface area contributed by atoms with Crippen LogP contribution in [0.25, 0.3) is 0 Å². The van der Waals surface area contributed by atoms with Gasteiger partial charge in [-0.05, 0) is 81.8 Å². The van der Waals surface area contributed by atoms with Crippen molar-refractivity contribution in [3.05, 3.63) is 36.5 Å². The van der Waals surface area contributed by atoms with Crippen molar-refractivity contribution in [2.24, 2.45) is 0 Å². The highest BCUT2D eigenvalue weighted by molar-refractivity contribution is 7.99. The van der Waals surface area contributed by atoms with E-state index in [-0.39, 0.29) is 5.82 Å². The number of likely N-dealkylation sites (tertiary alicyclic amines) is 1. The van der Waals surface area contributed by atoms with Crippen LogP contribution in [-0.4, -0.2) is 30.3 Å². The summed E-state index contributed by atoms with van der Waals surface area (Å²) in [6, 6.07) is 6.81. The third kappa shape index (κ3) is 5.96. The lowest BCUT2D eigenvalue weighted by molar-refractivity contribution is 0.249. The molecule has 1 nitrogen and oxygen atoms in total. The van der Waals surface area contributed by atoms with E-state index in [9.17, 15) is 4.39 Å². The molecule has 0 unspecified atom stereocenters. The first kappa shape index (κ1) is 14.9. The molecule has 1 aliphatic rings. The molecule has 1 aromatic rings. The lowest BCUT2D eigenvalue weighted by atomic mass is 10.1. The SMILES string of the molecule is Fc1ccc(SCCCCCN2CC[CH]CC2)cc1. The summed E-state index contributed by atoms with van der Waals surface area (Å²) in [7, 11) is 0. The Morgan fingerprint density at radius 1 is 1.00 bits per heavy atom. The summed E-state index contributed by atoms with van der Waals surface area (Å²) in [5.41, 5.74) is 0. The van der Waals surface area contributed by atoms with Crippen molar-refractivity contribution in [1.29, 1.82) is 0 Å². The van der Waals surface area contributed by atoms with Crippen LogP contribution in [0.4, 0.5) is 4.39 Å². The fourth-order valence-corrected chi connectivity index (χ4v) is 3.28. The molecule has 3 heteroatoms. The fraction of sp³-hybridized carbons (Fsp3) is 0.562. The van der Waals surface area contributed by atoms with Crippen molar-refractivity contribution in [3.8, 4) is 0 Å². The van der Waals surface area contributed by atoms with E-state index in [4.69, 9.17) is 0 Å². The maximum atomic E-state index is 12.7. The van der Waals surface area contributed by atoms with Gasteiger partial charge in [-0.3, -0.25) is 0 Å². The van der Waals surface area contributed by atoms with Crippen LogP contribution in [0.15, 0.2) is 29.2 Å². The third-order valence-electron chi connectivity index (χ3n) is 3.50. The van der Waals surface area contributed by atoms with Crippen LogP contribution in [0.3, 0.4) is 0 Å². The molecule has 1 aliphatic heterocycles. The summed E-state index contributed by atoms with van der Waals surface area (Å²) >= 11 is 1.83. The quantitative estimate of drug-likeness (QED) is 0.538. The lowest BCUT2D eigenvalue weighted by Gasteiger charge is -2.26. The topological polar surface area (TPSA) is 3.24 Å². The summed E-state index contributed by atoms with van der Waals surface area (Å²) in [4.78, 5) is 3.75. The highest BCUT2D eigenvalue weighted by atomic mass is 32.2. The Morgan fingerprint density at radius 3 is 2.47 bits per heavy atom. The predicted molar refractivity (Wildman–Crippen MR) is 80.9 cm³/mol. The largest absolute Gasteiger partial charge is 0.303 e. The molecular weight excluding hydrogens is 257 g/mol. The van der Waals surface area contributed by atoms with E-state index in [2.05, 4.69) is 11.3 Å². The molecule has 0 aromatic heterocycles. The molecule has 19 heavy (non-hydrogen) atoms. The van der Waals surface area contributed by atoms with Gasteiger partial charge in [-0.2, -0.15) is 0 Å². The summed E-state index contributed by atoms with van der Waals surface area (Å²) in [6.45, 7) is 3.77. The number of rotatable bonds is 7. The fourth-order valence-electron chi connectivity index (χ4n) is 2.36. The first-order valence-electron chi connectivity index (χ1n) is 7.27. The Kier molecular flexibility index (Phi) is 6.72. The molecule has 1 heterocycles. The van der Waals surface area contributed by atoms with Crippen molar-refractivity contribution in [2.45, 2.75) is 37.0 Å². The molecule has 0 bridgehead atoms. The number of benzene rings is 1. The average molecular weight is 280 g/mol. The molecule has 1 radical (unpaired) electrons. The third-order valence-corrected chi connectivity index (χ3v) is 4.60. The van der Waals surface area contributed by atoms with Gasteiger partial charge < -0.3 is 4.90 Å². The number of hydrogen-bond acceptors (Lipinski definition) is 2. The van der Waals surface area contributed by atoms with E-state index in [0.29, 0.717) is 0 Å². The number of nitrogens with zero attached hydrogens (tertiary/aromatic N) is 1. The van der Waals surface area contributed by atoms with Gasteiger partial charge in [0.05, 0.1) is 0 Å². The average Bonchev–Trinajstić information content (AvgIpc) is 2.46. The van der Waals surface area contributed by atoms with Crippen molar-refractivity contribution >= 4 is 11.8 Å². The molecule has 105 valence electrons. The van der Waals surface area contributed by atoms with Crippen LogP contribution >= 0.6 is 11.8 Å². The minimum absolute atomic E-state index is 0.150. The summed E-state index contributed by atoms with van der Waals surface area (Å²) in [5.74, 6) is 0.988. The molecule has 0 spiro atoms. The molecule has 1 saturated heterocycles. The molecule has 0 N–H and O–H groups in total. The maximum absolute atomic E-state index is 12.7. The minimum Gasteiger partial charge on any atom is -0.303 e. The van der Waals surface area contributed by atoms with Gasteiger partial charge in [0.15, 0.2) is 0 Å². The van der Waals surface area contributed by atoms with Gasteiger partial charge >= 0.3 is 0 Å². The van der Waals surface area contributed by atoms with Crippen LogP contribution in [-0.2, 0) is 0 Å². The van der Waals surface area contributed by atoms with E-state index in [1.807, 2.05) is 23.9 Å². The van der Waals surface area contributed by atoms with Crippen LogP contribution < -0.4 is 0 Å². The molecule has 2 rings (SSSR count). The Hall–Kier alpha value is -0.540. The van der Waals surface area contributed by atoms with Gasteiger partial charge in [0.25, 0.3) is 0 Å². The highest BCUT2D eigenvalue weighted by Crippen LogP contribution is 2.20.